The van der Waals surface area contributed by atoms with Gasteiger partial charge in [-0.15, -0.1) is 11.6 Å². The van der Waals surface area contributed by atoms with E-state index in [9.17, 15) is 0 Å². The minimum atomic E-state index is 0.259. The summed E-state index contributed by atoms with van der Waals surface area (Å²) in [7, 11) is 0. The van der Waals surface area contributed by atoms with Gasteiger partial charge in [0.15, 0.2) is 0 Å². The Balaban J connectivity index is 2.22. The maximum absolute atomic E-state index is 6.07. The molecule has 1 aliphatic carbocycles. The first-order valence-corrected chi connectivity index (χ1v) is 6.83. The zero-order chi connectivity index (χ0) is 11.1. The fourth-order valence-corrected chi connectivity index (χ4v) is 2.79. The van der Waals surface area contributed by atoms with Crippen LogP contribution in [0.25, 0.3) is 0 Å². The van der Waals surface area contributed by atoms with Gasteiger partial charge in [0.25, 0.3) is 0 Å². The van der Waals surface area contributed by atoms with E-state index in [1.54, 1.807) is 0 Å². The summed E-state index contributed by atoms with van der Waals surface area (Å²) in [6.45, 7) is 8.95. The van der Waals surface area contributed by atoms with Crippen molar-refractivity contribution in [3.05, 3.63) is 0 Å². The lowest BCUT2D eigenvalue weighted by atomic mass is 10.0. The van der Waals surface area contributed by atoms with Crippen LogP contribution >= 0.6 is 11.6 Å². The van der Waals surface area contributed by atoms with Crippen molar-refractivity contribution in [3.8, 4) is 0 Å². The van der Waals surface area contributed by atoms with E-state index in [4.69, 9.17) is 11.6 Å². The van der Waals surface area contributed by atoms with Crippen molar-refractivity contribution in [2.45, 2.75) is 45.1 Å². The van der Waals surface area contributed by atoms with Crippen molar-refractivity contribution in [2.24, 2.45) is 0 Å². The van der Waals surface area contributed by atoms with Crippen LogP contribution in [0.4, 0.5) is 0 Å². The first kappa shape index (κ1) is 13.3. The summed E-state index contributed by atoms with van der Waals surface area (Å²) in [6.07, 6.45) is 5.19. The predicted molar refractivity (Wildman–Crippen MR) is 67.7 cm³/mol. The highest BCUT2D eigenvalue weighted by atomic mass is 35.5. The van der Waals surface area contributed by atoms with Crippen LogP contribution in [0.5, 0.6) is 0 Å². The first-order chi connectivity index (χ1) is 7.26. The second kappa shape index (κ2) is 6.72. The summed E-state index contributed by atoms with van der Waals surface area (Å²) >= 11 is 6.07. The summed E-state index contributed by atoms with van der Waals surface area (Å²) in [5.41, 5.74) is 0.259. The Morgan fingerprint density at radius 3 is 2.27 bits per heavy atom. The average molecular weight is 233 g/mol. The lowest BCUT2D eigenvalue weighted by molar-refractivity contribution is 0.276. The molecule has 0 aromatic rings. The Hall–Kier alpha value is 0.210. The monoisotopic (exact) mass is 232 g/mol. The zero-order valence-corrected chi connectivity index (χ0v) is 10.9. The minimum absolute atomic E-state index is 0.259. The summed E-state index contributed by atoms with van der Waals surface area (Å²) in [5.74, 6) is 0.769. The van der Waals surface area contributed by atoms with Gasteiger partial charge in [-0.2, -0.15) is 0 Å². The molecule has 0 amide bonds. The molecule has 0 bridgehead atoms. The number of rotatable bonds is 7. The second-order valence-electron chi connectivity index (χ2n) is 4.57. The predicted octanol–water partition coefficient (Wildman–Crippen LogP) is 2.47. The molecule has 0 saturated heterocycles. The molecule has 0 aromatic heterocycles. The van der Waals surface area contributed by atoms with Crippen molar-refractivity contribution in [1.29, 1.82) is 0 Å². The van der Waals surface area contributed by atoms with Crippen LogP contribution in [0, 0.1) is 0 Å². The molecular weight excluding hydrogens is 208 g/mol. The molecular formula is C12H25ClN2. The molecule has 0 heterocycles. The Morgan fingerprint density at radius 2 is 1.80 bits per heavy atom. The van der Waals surface area contributed by atoms with Gasteiger partial charge in [0.1, 0.15) is 0 Å². The second-order valence-corrected chi connectivity index (χ2v) is 4.84. The Bertz CT molecular complexity index is 163. The van der Waals surface area contributed by atoms with Crippen LogP contribution in [-0.4, -0.2) is 42.5 Å². The van der Waals surface area contributed by atoms with Crippen molar-refractivity contribution < 1.29 is 0 Å². The van der Waals surface area contributed by atoms with Gasteiger partial charge in [-0.3, -0.25) is 0 Å². The van der Waals surface area contributed by atoms with Gasteiger partial charge in [-0.25, -0.2) is 0 Å². The van der Waals surface area contributed by atoms with E-state index in [1.807, 2.05) is 0 Å². The van der Waals surface area contributed by atoms with Crippen LogP contribution in [0.3, 0.4) is 0 Å². The van der Waals surface area contributed by atoms with Crippen LogP contribution in [0.15, 0.2) is 0 Å². The van der Waals surface area contributed by atoms with Gasteiger partial charge in [0.2, 0.25) is 0 Å². The molecule has 0 unspecified atom stereocenters. The molecule has 1 aliphatic rings. The number of likely N-dealkylation sites (N-methyl/N-ethyl adjacent to an activating group) is 1. The van der Waals surface area contributed by atoms with Gasteiger partial charge >= 0.3 is 0 Å². The van der Waals surface area contributed by atoms with Crippen molar-refractivity contribution in [1.82, 2.24) is 10.2 Å². The van der Waals surface area contributed by atoms with Crippen molar-refractivity contribution in [3.63, 3.8) is 0 Å². The fourth-order valence-electron chi connectivity index (χ4n) is 2.43. The molecule has 3 heteroatoms. The number of nitrogens with zero attached hydrogens (tertiary/aromatic N) is 1. The molecule has 0 aromatic carbocycles. The maximum atomic E-state index is 6.07. The normalized spacial score (nSPS) is 20.0. The van der Waals surface area contributed by atoms with E-state index in [0.717, 1.165) is 32.1 Å². The molecule has 0 atom stereocenters. The molecule has 1 saturated carbocycles. The van der Waals surface area contributed by atoms with Crippen LogP contribution < -0.4 is 5.32 Å². The summed E-state index contributed by atoms with van der Waals surface area (Å²) in [4.78, 5) is 2.45. The highest BCUT2D eigenvalue weighted by Gasteiger charge is 2.31. The Kier molecular flexibility index (Phi) is 5.95. The summed E-state index contributed by atoms with van der Waals surface area (Å²) in [6, 6.07) is 0. The molecule has 0 radical (unpaired) electrons. The van der Waals surface area contributed by atoms with Crippen LogP contribution in [-0.2, 0) is 0 Å². The molecule has 1 rings (SSSR count). The fraction of sp³-hybridized carbons (Fsp3) is 1.00. The van der Waals surface area contributed by atoms with E-state index in [1.165, 1.54) is 25.7 Å². The van der Waals surface area contributed by atoms with Crippen LogP contribution in [0.1, 0.15) is 39.5 Å². The van der Waals surface area contributed by atoms with Gasteiger partial charge in [0, 0.05) is 24.5 Å². The van der Waals surface area contributed by atoms with Gasteiger partial charge in [-0.05, 0) is 25.9 Å². The lowest BCUT2D eigenvalue weighted by Crippen LogP contribution is -2.47. The molecule has 90 valence electrons. The molecule has 15 heavy (non-hydrogen) atoms. The molecule has 2 nitrogen and oxygen atoms in total. The number of alkyl halides is 1. The summed E-state index contributed by atoms with van der Waals surface area (Å²) in [5, 5.41) is 3.67. The quantitative estimate of drug-likeness (QED) is 0.679. The third kappa shape index (κ3) is 3.93. The number of hydrogen-bond acceptors (Lipinski definition) is 2. The summed E-state index contributed by atoms with van der Waals surface area (Å²) < 4.78 is 0. The van der Waals surface area contributed by atoms with E-state index < -0.39 is 0 Å². The van der Waals surface area contributed by atoms with Crippen LogP contribution in [0.2, 0.25) is 0 Å². The number of halogens is 1. The van der Waals surface area contributed by atoms with E-state index in [0.29, 0.717) is 0 Å². The molecule has 1 fully saturated rings. The highest BCUT2D eigenvalue weighted by molar-refractivity contribution is 6.18. The van der Waals surface area contributed by atoms with Gasteiger partial charge in [-0.1, -0.05) is 26.7 Å². The smallest absolute Gasteiger partial charge is 0.0406 e. The van der Waals surface area contributed by atoms with E-state index in [-0.39, 0.29) is 5.54 Å². The molecule has 1 N–H and O–H groups in total. The number of hydrogen-bond donors (Lipinski definition) is 1. The third-order valence-corrected chi connectivity index (χ3v) is 4.15. The largest absolute Gasteiger partial charge is 0.309 e. The average Bonchev–Trinajstić information content (AvgIpc) is 2.74. The SMILES string of the molecule is CCN(CC)CCNC1(CCl)CCCC1. The van der Waals surface area contributed by atoms with E-state index >= 15 is 0 Å². The first-order valence-electron chi connectivity index (χ1n) is 6.29. The maximum Gasteiger partial charge on any atom is 0.0406 e. The number of nitrogens with one attached hydrogen (secondary N) is 1. The van der Waals surface area contributed by atoms with Crippen molar-refractivity contribution in [2.75, 3.05) is 32.1 Å². The van der Waals surface area contributed by atoms with Crippen molar-refractivity contribution >= 4 is 11.6 Å². The lowest BCUT2D eigenvalue weighted by Gasteiger charge is -2.29. The Morgan fingerprint density at radius 1 is 1.20 bits per heavy atom. The molecule has 0 aliphatic heterocycles. The Labute approximate surface area is 99.4 Å². The van der Waals surface area contributed by atoms with E-state index in [2.05, 4.69) is 24.1 Å². The van der Waals surface area contributed by atoms with Gasteiger partial charge < -0.3 is 10.2 Å². The zero-order valence-electron chi connectivity index (χ0n) is 10.2. The highest BCUT2D eigenvalue weighted by Crippen LogP contribution is 2.30. The third-order valence-electron chi connectivity index (χ3n) is 3.64. The standard InChI is InChI=1S/C12H25ClN2/c1-3-15(4-2)10-9-14-12(11-13)7-5-6-8-12/h14H,3-11H2,1-2H3. The molecule has 0 spiro atoms. The van der Waals surface area contributed by atoms with Gasteiger partial charge in [0.05, 0.1) is 0 Å². The topological polar surface area (TPSA) is 15.3 Å². The minimum Gasteiger partial charge on any atom is -0.309 e.